The van der Waals surface area contributed by atoms with Gasteiger partial charge in [0.2, 0.25) is 0 Å². The molecule has 5 rings (SSSR count). The maximum Gasteiger partial charge on any atom is 0.337 e. The van der Waals surface area contributed by atoms with Crippen molar-refractivity contribution in [2.24, 2.45) is 0 Å². The van der Waals surface area contributed by atoms with E-state index in [0.29, 0.717) is 12.2 Å². The van der Waals surface area contributed by atoms with E-state index in [2.05, 4.69) is 15.1 Å². The van der Waals surface area contributed by atoms with Crippen LogP contribution in [0.15, 0.2) is 65.7 Å². The largest absolute Gasteiger partial charge is 0.478 e. The van der Waals surface area contributed by atoms with Crippen molar-refractivity contribution in [3.8, 4) is 16.9 Å². The first-order valence-electron chi connectivity index (χ1n) is 10.0. The molecule has 5 heterocycles. The van der Waals surface area contributed by atoms with Gasteiger partial charge >= 0.3 is 5.97 Å². The Kier molecular flexibility index (Phi) is 4.74. The zero-order valence-electron chi connectivity index (χ0n) is 17.5. The smallest absolute Gasteiger partial charge is 0.337 e. The lowest BCUT2D eigenvalue weighted by atomic mass is 10.1. The van der Waals surface area contributed by atoms with Crippen LogP contribution >= 0.6 is 0 Å². The van der Waals surface area contributed by atoms with E-state index in [1.807, 2.05) is 55.1 Å². The van der Waals surface area contributed by atoms with Gasteiger partial charge in [-0.2, -0.15) is 0 Å². The number of aromatic nitrogens is 5. The molecule has 0 radical (unpaired) electrons. The van der Waals surface area contributed by atoms with Gasteiger partial charge < -0.3 is 9.63 Å². The Morgan fingerprint density at radius 1 is 1.09 bits per heavy atom. The topological polar surface area (TPSA) is 107 Å². The highest BCUT2D eigenvalue weighted by molar-refractivity contribution is 5.88. The summed E-state index contributed by atoms with van der Waals surface area (Å²) in [6, 6.07) is 11.1. The van der Waals surface area contributed by atoms with Crippen LogP contribution in [0, 0.1) is 13.8 Å². The lowest BCUT2D eigenvalue weighted by molar-refractivity contribution is 0.0696. The predicted octanol–water partition coefficient (Wildman–Crippen LogP) is 4.38. The summed E-state index contributed by atoms with van der Waals surface area (Å²) in [4.78, 5) is 24.8. The number of aryl methyl sites for hydroxylation is 2. The normalized spacial score (nSPS) is 11.2. The van der Waals surface area contributed by atoms with Crippen molar-refractivity contribution in [2.75, 3.05) is 0 Å². The Morgan fingerprint density at radius 3 is 2.62 bits per heavy atom. The molecule has 0 fully saturated rings. The maximum atomic E-state index is 11.2. The number of nitrogens with zero attached hydrogens (tertiary/aromatic N) is 5. The summed E-state index contributed by atoms with van der Waals surface area (Å²) in [5.74, 6) is 0.309. The van der Waals surface area contributed by atoms with Gasteiger partial charge in [0, 0.05) is 53.6 Å². The minimum Gasteiger partial charge on any atom is -0.478 e. The van der Waals surface area contributed by atoms with Crippen LogP contribution in [0.3, 0.4) is 0 Å². The van der Waals surface area contributed by atoms with E-state index in [1.54, 1.807) is 18.3 Å². The molecular weight excluding hydrogens is 406 g/mol. The average molecular weight is 425 g/mol. The summed E-state index contributed by atoms with van der Waals surface area (Å²) in [5, 5.41) is 13.3. The van der Waals surface area contributed by atoms with Gasteiger partial charge in [0.15, 0.2) is 0 Å². The summed E-state index contributed by atoms with van der Waals surface area (Å²) in [7, 11) is 0. The molecule has 0 aliphatic carbocycles. The van der Waals surface area contributed by atoms with Gasteiger partial charge in [0.05, 0.1) is 22.3 Å². The number of pyridine rings is 3. The van der Waals surface area contributed by atoms with E-state index in [4.69, 9.17) is 9.51 Å². The van der Waals surface area contributed by atoms with Crippen molar-refractivity contribution in [3.63, 3.8) is 0 Å². The molecular formula is C24H19N5O3. The van der Waals surface area contributed by atoms with Gasteiger partial charge in [-0.15, -0.1) is 0 Å². The monoisotopic (exact) mass is 425 g/mol. The molecule has 32 heavy (non-hydrogen) atoms. The fourth-order valence-electron chi connectivity index (χ4n) is 3.87. The molecule has 0 aliphatic rings. The van der Waals surface area contributed by atoms with Crippen molar-refractivity contribution in [1.29, 1.82) is 0 Å². The first-order chi connectivity index (χ1) is 15.5. The predicted molar refractivity (Wildman–Crippen MR) is 118 cm³/mol. The quantitative estimate of drug-likeness (QED) is 0.445. The van der Waals surface area contributed by atoms with Gasteiger partial charge in [-0.05, 0) is 44.2 Å². The standard InChI is InChI=1S/C24H19N5O3/c1-14-22(15(2)32-28-14)17-10-20-23(27-12-17)18(9-19-5-3-4-8-25-19)13-29(20)21-7-6-16(11-26-21)24(30)31/h3-8,10-13H,9H2,1-2H3,(H,30,31). The number of carboxylic acids is 1. The van der Waals surface area contributed by atoms with E-state index in [1.165, 1.54) is 6.20 Å². The molecule has 0 bridgehead atoms. The number of hydrogen-bond donors (Lipinski definition) is 1. The first-order valence-corrected chi connectivity index (χ1v) is 10.0. The molecule has 5 aromatic rings. The SMILES string of the molecule is Cc1noc(C)c1-c1cnc2c(Cc3ccccn3)cn(-c3ccc(C(=O)O)cn3)c2c1. The van der Waals surface area contributed by atoms with Crippen LogP contribution in [0.1, 0.15) is 33.1 Å². The molecule has 8 heteroatoms. The fraction of sp³-hybridized carbons (Fsp3) is 0.125. The number of carboxylic acid groups (broad SMARTS) is 1. The minimum absolute atomic E-state index is 0.133. The van der Waals surface area contributed by atoms with Crippen LogP contribution in [0.2, 0.25) is 0 Å². The number of hydrogen-bond acceptors (Lipinski definition) is 6. The van der Waals surface area contributed by atoms with Crippen LogP contribution < -0.4 is 0 Å². The molecule has 5 aromatic heterocycles. The Balaban J connectivity index is 1.69. The second-order valence-corrected chi connectivity index (χ2v) is 7.52. The molecule has 158 valence electrons. The zero-order chi connectivity index (χ0) is 22.2. The number of rotatable bonds is 5. The summed E-state index contributed by atoms with van der Waals surface area (Å²) < 4.78 is 7.26. The van der Waals surface area contributed by atoms with E-state index in [9.17, 15) is 9.90 Å². The highest BCUT2D eigenvalue weighted by Crippen LogP contribution is 2.31. The Hall–Kier alpha value is -4.33. The van der Waals surface area contributed by atoms with E-state index < -0.39 is 5.97 Å². The Bertz CT molecular complexity index is 1420. The van der Waals surface area contributed by atoms with E-state index in [-0.39, 0.29) is 5.56 Å². The van der Waals surface area contributed by atoms with Gasteiger partial charge in [-0.3, -0.25) is 14.5 Å². The molecule has 0 amide bonds. The van der Waals surface area contributed by atoms with Gasteiger partial charge in [0.1, 0.15) is 11.6 Å². The summed E-state index contributed by atoms with van der Waals surface area (Å²) in [5.41, 5.74) is 6.32. The van der Waals surface area contributed by atoms with Gasteiger partial charge in [0.25, 0.3) is 0 Å². The molecule has 1 N–H and O–H groups in total. The van der Waals surface area contributed by atoms with Gasteiger partial charge in [-0.25, -0.2) is 9.78 Å². The molecule has 0 saturated carbocycles. The molecule has 0 atom stereocenters. The molecule has 0 spiro atoms. The number of fused-ring (bicyclic) bond motifs is 1. The highest BCUT2D eigenvalue weighted by Gasteiger charge is 2.18. The second kappa shape index (κ2) is 7.73. The fourth-order valence-corrected chi connectivity index (χ4v) is 3.87. The third-order valence-corrected chi connectivity index (χ3v) is 5.38. The number of carbonyl (C=O) groups is 1. The third-order valence-electron chi connectivity index (χ3n) is 5.38. The van der Waals surface area contributed by atoms with Crippen molar-refractivity contribution in [2.45, 2.75) is 20.3 Å². The average Bonchev–Trinajstić information content (AvgIpc) is 3.33. The molecule has 0 aliphatic heterocycles. The number of aromatic carboxylic acids is 1. The minimum atomic E-state index is -1.01. The second-order valence-electron chi connectivity index (χ2n) is 7.52. The van der Waals surface area contributed by atoms with E-state index in [0.717, 1.165) is 44.9 Å². The Morgan fingerprint density at radius 2 is 1.97 bits per heavy atom. The molecule has 8 nitrogen and oxygen atoms in total. The summed E-state index contributed by atoms with van der Waals surface area (Å²) >= 11 is 0. The Labute approximate surface area is 183 Å². The lowest BCUT2D eigenvalue weighted by Gasteiger charge is -2.06. The zero-order valence-corrected chi connectivity index (χ0v) is 17.5. The van der Waals surface area contributed by atoms with Crippen molar-refractivity contribution < 1.29 is 14.4 Å². The first kappa shape index (κ1) is 19.6. The van der Waals surface area contributed by atoms with Crippen LogP contribution in [0.4, 0.5) is 0 Å². The lowest BCUT2D eigenvalue weighted by Crippen LogP contribution is -2.01. The molecule has 0 saturated heterocycles. The van der Waals surface area contributed by atoms with Crippen molar-refractivity contribution in [3.05, 3.63) is 89.5 Å². The maximum absolute atomic E-state index is 11.2. The summed E-state index contributed by atoms with van der Waals surface area (Å²) in [6.45, 7) is 3.77. The van der Waals surface area contributed by atoms with Crippen LogP contribution in [0.5, 0.6) is 0 Å². The van der Waals surface area contributed by atoms with Crippen LogP contribution in [-0.4, -0.2) is 35.8 Å². The highest BCUT2D eigenvalue weighted by atomic mass is 16.5. The molecule has 0 aromatic carbocycles. The van der Waals surface area contributed by atoms with E-state index >= 15 is 0 Å². The molecule has 0 unspecified atom stereocenters. The van der Waals surface area contributed by atoms with Crippen LogP contribution in [0.25, 0.3) is 28.0 Å². The van der Waals surface area contributed by atoms with Crippen LogP contribution in [-0.2, 0) is 6.42 Å². The third kappa shape index (κ3) is 3.41. The van der Waals surface area contributed by atoms with Crippen molar-refractivity contribution in [1.82, 2.24) is 24.7 Å². The summed E-state index contributed by atoms with van der Waals surface area (Å²) in [6.07, 6.45) is 7.53. The van der Waals surface area contributed by atoms with Crippen molar-refractivity contribution >= 4 is 17.0 Å². The van der Waals surface area contributed by atoms with Gasteiger partial charge in [-0.1, -0.05) is 11.2 Å².